The van der Waals surface area contributed by atoms with Crippen LogP contribution >= 0.6 is 24.8 Å². The Morgan fingerprint density at radius 3 is 2.03 bits per heavy atom. The van der Waals surface area contributed by atoms with Crippen LogP contribution in [0.5, 0.6) is 0 Å². The van der Waals surface area contributed by atoms with Gasteiger partial charge in [0.2, 0.25) is 0 Å². The third kappa shape index (κ3) is 4.63. The third-order valence-electron chi connectivity index (χ3n) is 7.37. The molecule has 0 aromatic heterocycles. The number of halogens is 2. The van der Waals surface area contributed by atoms with E-state index in [2.05, 4.69) is 103 Å². The van der Waals surface area contributed by atoms with E-state index in [9.17, 15) is 0 Å². The maximum absolute atomic E-state index is 2.70. The van der Waals surface area contributed by atoms with Gasteiger partial charge in [0.15, 0.2) is 0 Å². The fourth-order valence-electron chi connectivity index (χ4n) is 5.50. The van der Waals surface area contributed by atoms with Crippen LogP contribution in [0.3, 0.4) is 0 Å². The van der Waals surface area contributed by atoms with E-state index in [0.717, 1.165) is 0 Å². The van der Waals surface area contributed by atoms with Crippen molar-refractivity contribution in [3.63, 3.8) is 0 Å². The maximum Gasteiger partial charge on any atom is -0.147 e. The van der Waals surface area contributed by atoms with E-state index in [1.807, 2.05) is 3.28 Å². The molecule has 32 heavy (non-hydrogen) atoms. The molecule has 2 aromatic rings. The summed E-state index contributed by atoms with van der Waals surface area (Å²) in [6.07, 6.45) is 2.70. The van der Waals surface area contributed by atoms with E-state index in [-0.39, 0.29) is 30.2 Å². The molecule has 0 amide bonds. The molecule has 2 unspecified atom stereocenters. The Kier molecular flexibility index (Phi) is 9.25. The molecule has 0 saturated carbocycles. The van der Waals surface area contributed by atoms with Crippen LogP contribution in [0.4, 0.5) is 0 Å². The Hall–Kier alpha value is -0.660. The van der Waals surface area contributed by atoms with Gasteiger partial charge < -0.3 is 0 Å². The van der Waals surface area contributed by atoms with Crippen LogP contribution in [0.25, 0.3) is 5.57 Å². The smallest absolute Gasteiger partial charge is 0.147 e. The summed E-state index contributed by atoms with van der Waals surface area (Å²) in [6, 6.07) is 16.2. The van der Waals surface area contributed by atoms with Crippen LogP contribution in [0.2, 0.25) is 13.1 Å². The minimum Gasteiger partial charge on any atom is -0.147 e. The van der Waals surface area contributed by atoms with Crippen molar-refractivity contribution in [3.05, 3.63) is 96.4 Å². The molecule has 0 bridgehead atoms. The standard InChI is InChI=1S/C17H15.C9H13.C2H6Si.2ClH.Zr/c1-12-7-9-15(13(2)11-12)17-10-8-14-5-3-4-6-16(14)17;1-6-5-7(2)9(4)8(6)3;1-3-2;;;/h3-11H,1-2H3;6H,1-4H3;1-2H3;2*1H;. The summed E-state index contributed by atoms with van der Waals surface area (Å²) in [6.45, 7) is 19.3. The van der Waals surface area contributed by atoms with Gasteiger partial charge in [-0.1, -0.05) is 0 Å². The number of aryl methyl sites for hydroxylation is 2. The van der Waals surface area contributed by atoms with Gasteiger partial charge >= 0.3 is 192 Å². The van der Waals surface area contributed by atoms with Gasteiger partial charge in [-0.15, -0.1) is 24.8 Å². The SMILES string of the molecule is CC1=C(C)C(C)[C]([Zr]([CH]2C=C(c3ccc(C)cc3C)c3ccccc32)=[Si](C)C)=C1C.Cl.Cl. The molecule has 0 spiro atoms. The fourth-order valence-corrected chi connectivity index (χ4v) is 25.2. The molecule has 0 fully saturated rings. The van der Waals surface area contributed by atoms with E-state index in [1.165, 1.54) is 27.8 Å². The minimum absolute atomic E-state index is 0. The molecule has 0 nitrogen and oxygen atoms in total. The largest absolute Gasteiger partial charge is 0.147 e. The van der Waals surface area contributed by atoms with E-state index >= 15 is 0 Å². The van der Waals surface area contributed by atoms with Crippen LogP contribution in [0, 0.1) is 19.8 Å². The first-order valence-electron chi connectivity index (χ1n) is 11.2. The first-order valence-corrected chi connectivity index (χ1v) is 20.0. The average Bonchev–Trinajstić information content (AvgIpc) is 3.16. The van der Waals surface area contributed by atoms with Gasteiger partial charge in [-0.2, -0.15) is 0 Å². The zero-order valence-corrected chi connectivity index (χ0v) is 25.7. The van der Waals surface area contributed by atoms with Crippen LogP contribution in [0.1, 0.15) is 59.1 Å². The molecule has 4 rings (SSSR count). The Morgan fingerprint density at radius 2 is 1.47 bits per heavy atom. The second-order valence-electron chi connectivity index (χ2n) is 9.45. The number of allylic oxidation sites excluding steroid dienone is 5. The quantitative estimate of drug-likeness (QED) is 0.328. The Labute approximate surface area is 215 Å². The van der Waals surface area contributed by atoms with Crippen molar-refractivity contribution in [3.8, 4) is 0 Å². The predicted molar refractivity (Wildman–Crippen MR) is 144 cm³/mol. The second-order valence-corrected chi connectivity index (χ2v) is 26.9. The summed E-state index contributed by atoms with van der Waals surface area (Å²) in [7, 11) is 0. The van der Waals surface area contributed by atoms with Gasteiger partial charge in [-0.3, -0.25) is 0 Å². The monoisotopic (exact) mass is 560 g/mol. The van der Waals surface area contributed by atoms with E-state index in [0.29, 0.717) is 9.54 Å². The summed E-state index contributed by atoms with van der Waals surface area (Å²) < 4.78 is 2.58. The predicted octanol–water partition coefficient (Wildman–Crippen LogP) is 8.76. The van der Waals surface area contributed by atoms with Crippen LogP contribution in [-0.2, 0) is 20.4 Å². The molecule has 2 aromatic carbocycles. The first kappa shape index (κ1) is 27.6. The Bertz CT molecular complexity index is 1180. The molecule has 2 atom stereocenters. The van der Waals surface area contributed by atoms with Gasteiger partial charge in [-0.05, 0) is 0 Å². The second kappa shape index (κ2) is 10.7. The van der Waals surface area contributed by atoms with Crippen molar-refractivity contribution >= 4 is 35.8 Å². The number of hydrogen-bond donors (Lipinski definition) is 0. The van der Waals surface area contributed by atoms with Crippen molar-refractivity contribution in [2.45, 2.75) is 58.3 Å². The van der Waals surface area contributed by atoms with Gasteiger partial charge in [0.05, 0.1) is 0 Å². The maximum atomic E-state index is 2.70. The number of rotatable bonds is 3. The molecule has 0 aliphatic heterocycles. The zero-order valence-electron chi connectivity index (χ0n) is 20.6. The van der Waals surface area contributed by atoms with Crippen molar-refractivity contribution in [1.29, 1.82) is 0 Å². The fraction of sp³-hybridized carbons (Fsp3) is 0.357. The Balaban J connectivity index is 0.00000181. The molecule has 0 radical (unpaired) electrons. The molecule has 2 aliphatic carbocycles. The van der Waals surface area contributed by atoms with Crippen LogP contribution < -0.4 is 0 Å². The normalized spacial score (nSPS) is 19.3. The molecule has 2 aliphatic rings. The molecule has 170 valence electrons. The van der Waals surface area contributed by atoms with E-state index in [1.54, 1.807) is 22.3 Å². The molecular formula is C28H36Cl2SiZr. The van der Waals surface area contributed by atoms with E-state index < -0.39 is 20.4 Å². The summed E-state index contributed by atoms with van der Waals surface area (Å²) >= 11 is -1.91. The molecule has 4 heteroatoms. The van der Waals surface area contributed by atoms with Crippen molar-refractivity contribution < 1.29 is 20.4 Å². The van der Waals surface area contributed by atoms with Gasteiger partial charge in [-0.25, -0.2) is 0 Å². The summed E-state index contributed by atoms with van der Waals surface area (Å²) in [5.41, 5.74) is 13.3. The molecule has 0 saturated heterocycles. The van der Waals surface area contributed by atoms with Gasteiger partial charge in [0.1, 0.15) is 0 Å². The molecular weight excluding hydrogens is 527 g/mol. The van der Waals surface area contributed by atoms with E-state index in [4.69, 9.17) is 0 Å². The molecule has 0 heterocycles. The summed E-state index contributed by atoms with van der Waals surface area (Å²) in [4.78, 5) is 0. The summed E-state index contributed by atoms with van der Waals surface area (Å²) in [5, 5.41) is 0. The minimum atomic E-state index is -1.91. The molecule has 0 N–H and O–H groups in total. The first-order chi connectivity index (χ1) is 14.2. The summed E-state index contributed by atoms with van der Waals surface area (Å²) in [5.74, 6) is 0.657. The van der Waals surface area contributed by atoms with Crippen molar-refractivity contribution in [2.24, 2.45) is 5.92 Å². The zero-order chi connectivity index (χ0) is 21.7. The average molecular weight is 563 g/mol. The third-order valence-corrected chi connectivity index (χ3v) is 25.9. The van der Waals surface area contributed by atoms with Gasteiger partial charge in [0, 0.05) is 0 Å². The number of fused-ring (bicyclic) bond motifs is 1. The van der Waals surface area contributed by atoms with Crippen LogP contribution in [-0.4, -0.2) is 5.43 Å². The van der Waals surface area contributed by atoms with Crippen LogP contribution in [0.15, 0.2) is 68.5 Å². The number of benzene rings is 2. The van der Waals surface area contributed by atoms with Crippen molar-refractivity contribution in [2.75, 3.05) is 0 Å². The topological polar surface area (TPSA) is 0 Å². The van der Waals surface area contributed by atoms with Crippen molar-refractivity contribution in [1.82, 2.24) is 0 Å². The Morgan fingerprint density at radius 1 is 0.812 bits per heavy atom. The number of hydrogen-bond acceptors (Lipinski definition) is 0. The van der Waals surface area contributed by atoms with Gasteiger partial charge in [0.25, 0.3) is 0 Å².